The fourth-order valence-electron chi connectivity index (χ4n) is 3.00. The van der Waals surface area contributed by atoms with Crippen LogP contribution in [0.25, 0.3) is 0 Å². The van der Waals surface area contributed by atoms with Crippen molar-refractivity contribution in [2.24, 2.45) is 5.41 Å². The molecule has 1 fully saturated rings. The molecule has 0 unspecified atom stereocenters. The van der Waals surface area contributed by atoms with E-state index in [-0.39, 0.29) is 0 Å². The molecule has 1 aliphatic rings. The van der Waals surface area contributed by atoms with E-state index in [2.05, 4.69) is 29.1 Å². The van der Waals surface area contributed by atoms with Gasteiger partial charge in [-0.1, -0.05) is 20.3 Å². The van der Waals surface area contributed by atoms with E-state index in [1.165, 1.54) is 5.01 Å². The molecule has 0 spiro atoms. The van der Waals surface area contributed by atoms with Gasteiger partial charge in [0.2, 0.25) is 0 Å². The zero-order valence-corrected chi connectivity index (χ0v) is 13.2. The van der Waals surface area contributed by atoms with Crippen LogP contribution in [0.5, 0.6) is 0 Å². The lowest BCUT2D eigenvalue weighted by Crippen LogP contribution is -2.44. The number of aryl methyl sites for hydroxylation is 1. The Morgan fingerprint density at radius 2 is 2.15 bits per heavy atom. The second-order valence-electron chi connectivity index (χ2n) is 5.70. The Morgan fingerprint density at radius 3 is 2.65 bits per heavy atom. The lowest BCUT2D eigenvalue weighted by atomic mass is 9.75. The van der Waals surface area contributed by atoms with E-state index in [0.29, 0.717) is 0 Å². The normalized spacial score (nSPS) is 19.1. The largest absolute Gasteiger partial charge is 0.481 e. The highest BCUT2D eigenvalue weighted by molar-refractivity contribution is 7.09. The number of thiazole rings is 1. The van der Waals surface area contributed by atoms with E-state index in [4.69, 9.17) is 0 Å². The lowest BCUT2D eigenvalue weighted by molar-refractivity contribution is -0.152. The van der Waals surface area contributed by atoms with Crippen LogP contribution in [0.15, 0.2) is 5.38 Å². The predicted molar refractivity (Wildman–Crippen MR) is 81.0 cm³/mol. The van der Waals surface area contributed by atoms with Crippen molar-refractivity contribution in [2.45, 2.75) is 52.5 Å². The van der Waals surface area contributed by atoms with Crippen molar-refractivity contribution in [1.29, 1.82) is 0 Å². The molecule has 4 nitrogen and oxygen atoms in total. The molecule has 1 N–H and O–H groups in total. The minimum absolute atomic E-state index is 0.484. The number of carbonyl (C=O) groups is 1. The van der Waals surface area contributed by atoms with Gasteiger partial charge < -0.3 is 5.11 Å². The number of likely N-dealkylation sites (tertiary alicyclic amines) is 1. The summed E-state index contributed by atoms with van der Waals surface area (Å²) in [6, 6.07) is 0. The van der Waals surface area contributed by atoms with Gasteiger partial charge in [0.1, 0.15) is 0 Å². The summed E-state index contributed by atoms with van der Waals surface area (Å²) in [7, 11) is 0. The van der Waals surface area contributed by atoms with E-state index in [0.717, 1.165) is 57.4 Å². The first-order valence-corrected chi connectivity index (χ1v) is 8.36. The molecule has 112 valence electrons. The molecule has 0 aromatic carbocycles. The van der Waals surface area contributed by atoms with E-state index >= 15 is 0 Å². The first-order valence-electron chi connectivity index (χ1n) is 7.48. The number of piperidine rings is 1. The van der Waals surface area contributed by atoms with Crippen LogP contribution in [0, 0.1) is 5.41 Å². The number of rotatable bonds is 6. The van der Waals surface area contributed by atoms with Gasteiger partial charge in [-0.2, -0.15) is 0 Å². The third-order valence-electron chi connectivity index (χ3n) is 4.28. The van der Waals surface area contributed by atoms with Gasteiger partial charge in [-0.05, 0) is 38.8 Å². The number of carboxylic acids is 1. The highest BCUT2D eigenvalue weighted by atomic mass is 32.1. The standard InChI is InChI=1S/C15H24N2O2S/c1-3-5-15(14(18)19)6-8-17(9-7-15)10-12-11-20-13(4-2)16-12/h11H,3-10H2,1-2H3,(H,18,19). The molecule has 0 saturated carbocycles. The molecular formula is C15H24N2O2S. The third kappa shape index (κ3) is 3.38. The Hall–Kier alpha value is -0.940. The Kier molecular flexibility index (Phi) is 5.16. The van der Waals surface area contributed by atoms with Crippen molar-refractivity contribution >= 4 is 17.3 Å². The fraction of sp³-hybridized carbons (Fsp3) is 0.733. The highest BCUT2D eigenvalue weighted by Crippen LogP contribution is 2.36. The van der Waals surface area contributed by atoms with Crippen molar-refractivity contribution in [3.8, 4) is 0 Å². The molecule has 0 atom stereocenters. The smallest absolute Gasteiger partial charge is 0.309 e. The van der Waals surface area contributed by atoms with E-state index in [1.54, 1.807) is 11.3 Å². The SMILES string of the molecule is CCCC1(C(=O)O)CCN(Cc2csc(CC)n2)CC1. The molecule has 5 heteroatoms. The van der Waals surface area contributed by atoms with Gasteiger partial charge >= 0.3 is 5.97 Å². The van der Waals surface area contributed by atoms with Crippen molar-refractivity contribution < 1.29 is 9.90 Å². The molecule has 0 bridgehead atoms. The molecule has 2 rings (SSSR count). The average molecular weight is 296 g/mol. The van der Waals surface area contributed by atoms with Crippen LogP contribution in [0.2, 0.25) is 0 Å². The summed E-state index contributed by atoms with van der Waals surface area (Å²) < 4.78 is 0. The molecular weight excluding hydrogens is 272 g/mol. The van der Waals surface area contributed by atoms with Crippen LogP contribution in [0.3, 0.4) is 0 Å². The van der Waals surface area contributed by atoms with Gasteiger partial charge in [0, 0.05) is 11.9 Å². The van der Waals surface area contributed by atoms with Crippen molar-refractivity contribution in [3.05, 3.63) is 16.1 Å². The number of aromatic nitrogens is 1. The van der Waals surface area contributed by atoms with Gasteiger partial charge in [0.25, 0.3) is 0 Å². The summed E-state index contributed by atoms with van der Waals surface area (Å²) in [5.74, 6) is -0.610. The van der Waals surface area contributed by atoms with Crippen LogP contribution >= 0.6 is 11.3 Å². The number of hydrogen-bond acceptors (Lipinski definition) is 4. The maximum absolute atomic E-state index is 11.5. The van der Waals surface area contributed by atoms with Crippen LogP contribution < -0.4 is 0 Å². The maximum Gasteiger partial charge on any atom is 0.309 e. The number of hydrogen-bond donors (Lipinski definition) is 1. The van der Waals surface area contributed by atoms with E-state index < -0.39 is 11.4 Å². The molecule has 1 aromatic heterocycles. The highest BCUT2D eigenvalue weighted by Gasteiger charge is 2.40. The molecule has 0 aliphatic carbocycles. The first kappa shape index (κ1) is 15.4. The topological polar surface area (TPSA) is 53.4 Å². The first-order chi connectivity index (χ1) is 9.59. The Labute approximate surface area is 124 Å². The quantitative estimate of drug-likeness (QED) is 0.876. The lowest BCUT2D eigenvalue weighted by Gasteiger charge is -2.38. The molecule has 0 amide bonds. The van der Waals surface area contributed by atoms with Gasteiger partial charge in [-0.25, -0.2) is 4.98 Å². The molecule has 1 saturated heterocycles. The van der Waals surface area contributed by atoms with Crippen molar-refractivity contribution in [2.75, 3.05) is 13.1 Å². The van der Waals surface area contributed by atoms with E-state index in [1.807, 2.05) is 0 Å². The molecule has 0 radical (unpaired) electrons. The number of nitrogens with zero attached hydrogens (tertiary/aromatic N) is 2. The Balaban J connectivity index is 1.91. The molecule has 20 heavy (non-hydrogen) atoms. The summed E-state index contributed by atoms with van der Waals surface area (Å²) in [4.78, 5) is 18.5. The minimum Gasteiger partial charge on any atom is -0.481 e. The van der Waals surface area contributed by atoms with Crippen LogP contribution in [0.1, 0.15) is 50.2 Å². The second-order valence-corrected chi connectivity index (χ2v) is 6.64. The Morgan fingerprint density at radius 1 is 1.45 bits per heavy atom. The Bertz CT molecular complexity index is 450. The second kappa shape index (κ2) is 6.68. The number of carboxylic acid groups (broad SMARTS) is 1. The van der Waals surface area contributed by atoms with Gasteiger partial charge in [0.05, 0.1) is 16.1 Å². The zero-order chi connectivity index (χ0) is 14.6. The summed E-state index contributed by atoms with van der Waals surface area (Å²) in [5.41, 5.74) is 0.646. The molecule has 1 aromatic rings. The van der Waals surface area contributed by atoms with Crippen molar-refractivity contribution in [3.63, 3.8) is 0 Å². The summed E-state index contributed by atoms with van der Waals surface area (Å²) >= 11 is 1.72. The zero-order valence-electron chi connectivity index (χ0n) is 12.4. The summed E-state index contributed by atoms with van der Waals surface area (Å²) in [6.45, 7) is 6.78. The molecule has 1 aliphatic heterocycles. The van der Waals surface area contributed by atoms with Gasteiger partial charge in [-0.3, -0.25) is 9.69 Å². The van der Waals surface area contributed by atoms with Gasteiger partial charge in [0.15, 0.2) is 0 Å². The van der Waals surface area contributed by atoms with Crippen molar-refractivity contribution in [1.82, 2.24) is 9.88 Å². The maximum atomic E-state index is 11.5. The summed E-state index contributed by atoms with van der Waals surface area (Å²) in [5, 5.41) is 12.8. The third-order valence-corrected chi connectivity index (χ3v) is 5.32. The fourth-order valence-corrected chi connectivity index (χ4v) is 3.74. The van der Waals surface area contributed by atoms with Crippen LogP contribution in [-0.4, -0.2) is 34.0 Å². The number of aliphatic carboxylic acids is 1. The van der Waals surface area contributed by atoms with Gasteiger partial charge in [-0.15, -0.1) is 11.3 Å². The van der Waals surface area contributed by atoms with E-state index in [9.17, 15) is 9.90 Å². The monoisotopic (exact) mass is 296 g/mol. The minimum atomic E-state index is -0.610. The summed E-state index contributed by atoms with van der Waals surface area (Å²) in [6.07, 6.45) is 4.26. The average Bonchev–Trinajstić information content (AvgIpc) is 2.89. The van der Waals surface area contributed by atoms with Crippen LogP contribution in [0.4, 0.5) is 0 Å². The predicted octanol–water partition coefficient (Wildman–Crippen LogP) is 3.17. The molecule has 2 heterocycles. The van der Waals surface area contributed by atoms with Crippen LogP contribution in [-0.2, 0) is 17.8 Å².